The molecule has 1 aromatic heterocycles. The van der Waals surface area contributed by atoms with E-state index >= 15 is 0 Å². The van der Waals surface area contributed by atoms with Gasteiger partial charge in [0.05, 0.1) is 0 Å². The normalized spacial score (nSPS) is 14.3. The van der Waals surface area contributed by atoms with E-state index in [4.69, 9.17) is 4.74 Å². The Hall–Kier alpha value is -2.20. The van der Waals surface area contributed by atoms with Crippen molar-refractivity contribution < 1.29 is 24.7 Å². The van der Waals surface area contributed by atoms with Gasteiger partial charge < -0.3 is 30.4 Å². The van der Waals surface area contributed by atoms with Gasteiger partial charge in [-0.3, -0.25) is 0 Å². The first-order valence-electron chi connectivity index (χ1n) is 6.12. The number of alkyl carbamates (subject to hydrolysis) is 1. The summed E-state index contributed by atoms with van der Waals surface area (Å²) in [6, 6.07) is 0. The van der Waals surface area contributed by atoms with Crippen LogP contribution in [-0.2, 0) is 4.74 Å². The minimum absolute atomic E-state index is 0.307. The zero-order valence-corrected chi connectivity index (χ0v) is 11.9. The molecule has 2 unspecified atom stereocenters. The number of aromatic amines is 1. The van der Waals surface area contributed by atoms with E-state index in [-0.39, 0.29) is 12.2 Å². The van der Waals surface area contributed by atoms with Crippen LogP contribution in [0.15, 0.2) is 6.33 Å². The largest absolute Gasteiger partial charge is 0.444 e. The first-order valence-corrected chi connectivity index (χ1v) is 6.12. The molecular formula is C11H18N4O6. The Morgan fingerprint density at radius 2 is 2.19 bits per heavy atom. The molecule has 118 valence electrons. The maximum atomic E-state index is 11.4. The molecule has 1 amide bonds. The van der Waals surface area contributed by atoms with Crippen LogP contribution >= 0.6 is 0 Å². The zero-order valence-electron chi connectivity index (χ0n) is 11.9. The van der Waals surface area contributed by atoms with Gasteiger partial charge in [-0.05, 0) is 25.7 Å². The summed E-state index contributed by atoms with van der Waals surface area (Å²) in [5.41, 5.74) is -1.01. The molecular weight excluding hydrogens is 284 g/mol. The maximum absolute atomic E-state index is 11.4. The van der Waals surface area contributed by atoms with Gasteiger partial charge in [-0.2, -0.15) is 0 Å². The molecule has 10 heteroatoms. The van der Waals surface area contributed by atoms with Crippen molar-refractivity contribution in [3.8, 4) is 0 Å². The smallest absolute Gasteiger partial charge is 0.407 e. The van der Waals surface area contributed by atoms with Gasteiger partial charge in [-0.15, -0.1) is 0 Å². The highest BCUT2D eigenvalue weighted by Gasteiger charge is 2.29. The molecule has 0 fully saturated rings. The Morgan fingerprint density at radius 1 is 1.57 bits per heavy atom. The quantitative estimate of drug-likeness (QED) is 0.449. The number of hydrogen-bond acceptors (Lipinski definition) is 7. The van der Waals surface area contributed by atoms with Gasteiger partial charge in [-0.1, -0.05) is 0 Å². The number of carbonyl (C=O) groups excluding carboxylic acids is 1. The third kappa shape index (κ3) is 5.00. The summed E-state index contributed by atoms with van der Waals surface area (Å²) in [5, 5.41) is 32.5. The molecule has 1 aromatic rings. The van der Waals surface area contributed by atoms with Crippen LogP contribution in [0.25, 0.3) is 0 Å². The fraction of sp³-hybridized carbons (Fsp3) is 0.636. The summed E-state index contributed by atoms with van der Waals surface area (Å²) >= 11 is 0. The van der Waals surface area contributed by atoms with E-state index in [0.29, 0.717) is 0 Å². The molecule has 0 aliphatic rings. The number of aromatic nitrogens is 2. The van der Waals surface area contributed by atoms with Crippen LogP contribution in [-0.4, -0.2) is 49.4 Å². The lowest BCUT2D eigenvalue weighted by Crippen LogP contribution is -2.39. The summed E-state index contributed by atoms with van der Waals surface area (Å²) in [7, 11) is 0. The lowest BCUT2D eigenvalue weighted by Gasteiger charge is -2.21. The molecule has 0 saturated carbocycles. The first-order chi connectivity index (χ1) is 9.61. The van der Waals surface area contributed by atoms with Gasteiger partial charge in [0.15, 0.2) is 12.0 Å². The van der Waals surface area contributed by atoms with Gasteiger partial charge in [0.25, 0.3) is 0 Å². The Labute approximate surface area is 120 Å². The van der Waals surface area contributed by atoms with Crippen molar-refractivity contribution in [2.45, 2.75) is 38.6 Å². The Balaban J connectivity index is 2.59. The standard InChI is InChI=1S/C11H18N4O6/c1-11(2,3)21-10(18)12-4-6(16)8(17)7-9(15(19)20)14-5-13-7/h5-6,8,16-17H,4H2,1-3H3,(H,12,18)(H,13,14). The summed E-state index contributed by atoms with van der Waals surface area (Å²) in [6.45, 7) is 4.67. The number of aliphatic hydroxyl groups excluding tert-OH is 2. The van der Waals surface area contributed by atoms with E-state index in [1.165, 1.54) is 0 Å². The van der Waals surface area contributed by atoms with Crippen LogP contribution in [0.4, 0.5) is 10.6 Å². The second kappa shape index (κ2) is 6.50. The lowest BCUT2D eigenvalue weighted by molar-refractivity contribution is -0.390. The first kappa shape index (κ1) is 16.9. The third-order valence-corrected chi connectivity index (χ3v) is 2.33. The van der Waals surface area contributed by atoms with E-state index in [0.717, 1.165) is 6.33 Å². The fourth-order valence-corrected chi connectivity index (χ4v) is 1.46. The van der Waals surface area contributed by atoms with Gasteiger partial charge in [-0.25, -0.2) is 14.8 Å². The Bertz CT molecular complexity index is 509. The van der Waals surface area contributed by atoms with Gasteiger partial charge >= 0.3 is 11.9 Å². The second-order valence-corrected chi connectivity index (χ2v) is 5.29. The highest BCUT2D eigenvalue weighted by molar-refractivity contribution is 5.67. The van der Waals surface area contributed by atoms with Crippen molar-refractivity contribution in [2.75, 3.05) is 6.54 Å². The minimum Gasteiger partial charge on any atom is -0.444 e. The molecule has 0 spiro atoms. The van der Waals surface area contributed by atoms with Crippen molar-refractivity contribution >= 4 is 11.9 Å². The molecule has 0 aromatic carbocycles. The van der Waals surface area contributed by atoms with Crippen molar-refractivity contribution in [3.63, 3.8) is 0 Å². The summed E-state index contributed by atoms with van der Waals surface area (Å²) in [6.07, 6.45) is -2.83. The van der Waals surface area contributed by atoms with Crippen LogP contribution in [0.2, 0.25) is 0 Å². The van der Waals surface area contributed by atoms with E-state index < -0.39 is 34.6 Å². The number of nitro groups is 1. The fourth-order valence-electron chi connectivity index (χ4n) is 1.46. The molecule has 21 heavy (non-hydrogen) atoms. The molecule has 2 atom stereocenters. The van der Waals surface area contributed by atoms with Crippen LogP contribution in [0.1, 0.15) is 32.6 Å². The predicted molar refractivity (Wildman–Crippen MR) is 70.4 cm³/mol. The van der Waals surface area contributed by atoms with Gasteiger partial charge in [0, 0.05) is 6.54 Å². The summed E-state index contributed by atoms with van der Waals surface area (Å²) in [4.78, 5) is 27.1. The number of nitrogens with one attached hydrogen (secondary N) is 2. The molecule has 4 N–H and O–H groups in total. The number of H-pyrrole nitrogens is 1. The van der Waals surface area contributed by atoms with Gasteiger partial charge in [0.2, 0.25) is 0 Å². The van der Waals surface area contributed by atoms with E-state index in [9.17, 15) is 25.1 Å². The number of ether oxygens (including phenoxy) is 1. The zero-order chi connectivity index (χ0) is 16.2. The van der Waals surface area contributed by atoms with Crippen molar-refractivity contribution in [1.29, 1.82) is 0 Å². The third-order valence-electron chi connectivity index (χ3n) is 2.33. The number of nitrogens with zero attached hydrogens (tertiary/aromatic N) is 2. The number of carbonyl (C=O) groups is 1. The van der Waals surface area contributed by atoms with E-state index in [1.807, 2.05) is 0 Å². The van der Waals surface area contributed by atoms with Crippen LogP contribution < -0.4 is 5.32 Å². The molecule has 1 heterocycles. The van der Waals surface area contributed by atoms with Crippen LogP contribution in [0, 0.1) is 10.1 Å². The summed E-state index contributed by atoms with van der Waals surface area (Å²) < 4.78 is 4.95. The second-order valence-electron chi connectivity index (χ2n) is 5.29. The molecule has 0 radical (unpaired) electrons. The number of rotatable bonds is 5. The minimum atomic E-state index is -1.62. The van der Waals surface area contributed by atoms with Gasteiger partial charge in [0.1, 0.15) is 17.8 Å². The van der Waals surface area contributed by atoms with E-state index in [1.54, 1.807) is 20.8 Å². The molecule has 1 rings (SSSR count). The number of amides is 1. The Morgan fingerprint density at radius 3 is 2.71 bits per heavy atom. The molecule has 0 bridgehead atoms. The van der Waals surface area contributed by atoms with Crippen LogP contribution in [0.3, 0.4) is 0 Å². The molecule has 0 saturated heterocycles. The average Bonchev–Trinajstić information content (AvgIpc) is 2.82. The molecule has 0 aliphatic heterocycles. The van der Waals surface area contributed by atoms with Crippen molar-refractivity contribution in [2.24, 2.45) is 0 Å². The number of imidazole rings is 1. The monoisotopic (exact) mass is 302 g/mol. The predicted octanol–water partition coefficient (Wildman–Crippen LogP) is 0.237. The topological polar surface area (TPSA) is 151 Å². The average molecular weight is 302 g/mol. The Kier molecular flexibility index (Phi) is 5.22. The highest BCUT2D eigenvalue weighted by atomic mass is 16.6. The maximum Gasteiger partial charge on any atom is 0.407 e. The number of hydrogen-bond donors (Lipinski definition) is 4. The van der Waals surface area contributed by atoms with Crippen LogP contribution in [0.5, 0.6) is 0 Å². The SMILES string of the molecule is CC(C)(C)OC(=O)NCC(O)C(O)c1nc[nH]c1[N+](=O)[O-]. The van der Waals surface area contributed by atoms with E-state index in [2.05, 4.69) is 15.3 Å². The van der Waals surface area contributed by atoms with Crippen molar-refractivity contribution in [1.82, 2.24) is 15.3 Å². The number of aliphatic hydroxyl groups is 2. The summed E-state index contributed by atoms with van der Waals surface area (Å²) in [5.74, 6) is -0.515. The lowest BCUT2D eigenvalue weighted by atomic mass is 10.1. The van der Waals surface area contributed by atoms with Crippen molar-refractivity contribution in [3.05, 3.63) is 22.1 Å². The highest BCUT2D eigenvalue weighted by Crippen LogP contribution is 2.23. The molecule has 10 nitrogen and oxygen atoms in total. The molecule has 0 aliphatic carbocycles.